The summed E-state index contributed by atoms with van der Waals surface area (Å²) >= 11 is 5.22. The molecule has 2 aromatic heterocycles. The number of imidazole rings is 1. The molecule has 0 bridgehead atoms. The van der Waals surface area contributed by atoms with Crippen LogP contribution in [0.3, 0.4) is 0 Å². The lowest BCUT2D eigenvalue weighted by Gasteiger charge is -2.08. The lowest BCUT2D eigenvalue weighted by Crippen LogP contribution is -2.33. The number of carbonyl (C=O) groups is 1. The second-order valence-corrected chi connectivity index (χ2v) is 5.01. The van der Waals surface area contributed by atoms with E-state index in [1.54, 1.807) is 10.8 Å². The Bertz CT molecular complexity index is 641. The van der Waals surface area contributed by atoms with Crippen LogP contribution in [0.25, 0.3) is 11.2 Å². The van der Waals surface area contributed by atoms with Gasteiger partial charge in [-0.3, -0.25) is 9.36 Å². The molecule has 1 amide bonds. The molecule has 5 nitrogen and oxygen atoms in total. The smallest absolute Gasteiger partial charge is 0.240 e. The summed E-state index contributed by atoms with van der Waals surface area (Å²) in [4.78, 5) is 19.1. The third kappa shape index (κ3) is 2.59. The Hall–Kier alpha value is -1.69. The summed E-state index contributed by atoms with van der Waals surface area (Å²) in [7, 11) is 0. The molecule has 2 aromatic rings. The number of rotatable bonds is 3. The molecule has 18 heavy (non-hydrogen) atoms. The van der Waals surface area contributed by atoms with E-state index in [2.05, 4.69) is 15.3 Å². The minimum absolute atomic E-state index is 0.0654. The lowest BCUT2D eigenvalue weighted by molar-refractivity contribution is -0.122. The van der Waals surface area contributed by atoms with Crippen LogP contribution in [-0.4, -0.2) is 26.5 Å². The standard InChI is InChI=1S/C12H16N4OS/c1-7(2)14-10(17)6-16-11-9(15-12(16)18)4-8(3)5-13-11/h4-5,7H,6H2,1-3H3,(H,14,17)(H,15,18). The van der Waals surface area contributed by atoms with E-state index in [1.165, 1.54) is 0 Å². The number of hydrogen-bond acceptors (Lipinski definition) is 3. The van der Waals surface area contributed by atoms with Crippen LogP contribution in [0.1, 0.15) is 19.4 Å². The van der Waals surface area contributed by atoms with Crippen LogP contribution in [-0.2, 0) is 11.3 Å². The number of nitrogens with zero attached hydrogens (tertiary/aromatic N) is 2. The van der Waals surface area contributed by atoms with Gasteiger partial charge in [0.1, 0.15) is 6.54 Å². The highest BCUT2D eigenvalue weighted by atomic mass is 32.1. The van der Waals surface area contributed by atoms with Crippen molar-refractivity contribution in [1.82, 2.24) is 19.9 Å². The van der Waals surface area contributed by atoms with E-state index in [4.69, 9.17) is 12.2 Å². The van der Waals surface area contributed by atoms with Gasteiger partial charge in [-0.15, -0.1) is 0 Å². The van der Waals surface area contributed by atoms with Crippen LogP contribution in [0.5, 0.6) is 0 Å². The zero-order valence-electron chi connectivity index (χ0n) is 10.7. The van der Waals surface area contributed by atoms with Crippen molar-refractivity contribution < 1.29 is 4.79 Å². The van der Waals surface area contributed by atoms with Crippen molar-refractivity contribution >= 4 is 29.3 Å². The minimum atomic E-state index is -0.0654. The Kier molecular flexibility index (Phi) is 3.47. The third-order valence-electron chi connectivity index (χ3n) is 2.50. The molecule has 0 atom stereocenters. The van der Waals surface area contributed by atoms with Gasteiger partial charge in [0.2, 0.25) is 5.91 Å². The molecule has 0 aliphatic rings. The van der Waals surface area contributed by atoms with E-state index < -0.39 is 0 Å². The predicted octanol–water partition coefficient (Wildman–Crippen LogP) is 1.93. The van der Waals surface area contributed by atoms with Gasteiger partial charge in [0.25, 0.3) is 0 Å². The number of hydrogen-bond donors (Lipinski definition) is 2. The maximum absolute atomic E-state index is 11.8. The zero-order valence-corrected chi connectivity index (χ0v) is 11.5. The summed E-state index contributed by atoms with van der Waals surface area (Å²) in [6.07, 6.45) is 1.77. The average molecular weight is 264 g/mol. The lowest BCUT2D eigenvalue weighted by atomic mass is 10.3. The van der Waals surface area contributed by atoms with Gasteiger partial charge >= 0.3 is 0 Å². The number of pyridine rings is 1. The molecule has 0 radical (unpaired) electrons. The maximum atomic E-state index is 11.8. The molecule has 0 fully saturated rings. The highest BCUT2D eigenvalue weighted by molar-refractivity contribution is 7.71. The summed E-state index contributed by atoms with van der Waals surface area (Å²) in [6.45, 7) is 6.00. The molecule has 2 N–H and O–H groups in total. The molecule has 0 saturated carbocycles. The topological polar surface area (TPSA) is 62.7 Å². The Morgan fingerprint density at radius 2 is 2.33 bits per heavy atom. The highest BCUT2D eigenvalue weighted by Crippen LogP contribution is 2.12. The van der Waals surface area contributed by atoms with E-state index in [0.29, 0.717) is 10.4 Å². The fourth-order valence-corrected chi connectivity index (χ4v) is 2.07. The molecule has 6 heteroatoms. The van der Waals surface area contributed by atoms with Gasteiger partial charge < -0.3 is 10.3 Å². The predicted molar refractivity (Wildman–Crippen MR) is 72.9 cm³/mol. The second kappa shape index (κ2) is 4.89. The molecule has 0 spiro atoms. The number of H-pyrrole nitrogens is 1. The van der Waals surface area contributed by atoms with E-state index >= 15 is 0 Å². The fraction of sp³-hybridized carbons (Fsp3) is 0.417. The Balaban J connectivity index is 2.36. The molecule has 2 rings (SSSR count). The van der Waals surface area contributed by atoms with Gasteiger partial charge in [0, 0.05) is 12.2 Å². The SMILES string of the molecule is Cc1cnc2c(c1)[nH]c(=S)n2CC(=O)NC(C)C. The van der Waals surface area contributed by atoms with Gasteiger partial charge in [-0.2, -0.15) is 0 Å². The first-order valence-corrected chi connectivity index (χ1v) is 6.22. The van der Waals surface area contributed by atoms with Crippen LogP contribution >= 0.6 is 12.2 Å². The first-order valence-electron chi connectivity index (χ1n) is 5.82. The van der Waals surface area contributed by atoms with Gasteiger partial charge in [0.15, 0.2) is 10.4 Å². The van der Waals surface area contributed by atoms with Gasteiger partial charge in [-0.25, -0.2) is 4.98 Å². The molecule has 96 valence electrons. The largest absolute Gasteiger partial charge is 0.352 e. The molecule has 0 unspecified atom stereocenters. The van der Waals surface area contributed by atoms with Crippen molar-refractivity contribution in [1.29, 1.82) is 0 Å². The number of aromatic amines is 1. The van der Waals surface area contributed by atoms with Crippen molar-refractivity contribution in [3.05, 3.63) is 22.6 Å². The Labute approximate surface area is 110 Å². The highest BCUT2D eigenvalue weighted by Gasteiger charge is 2.10. The van der Waals surface area contributed by atoms with E-state index in [9.17, 15) is 4.79 Å². The Morgan fingerprint density at radius 3 is 3.00 bits per heavy atom. The van der Waals surface area contributed by atoms with E-state index in [0.717, 1.165) is 11.1 Å². The quantitative estimate of drug-likeness (QED) is 0.833. The number of aryl methyl sites for hydroxylation is 1. The first-order chi connectivity index (χ1) is 8.47. The summed E-state index contributed by atoms with van der Waals surface area (Å²) < 4.78 is 2.23. The normalized spacial score (nSPS) is 11.1. The van der Waals surface area contributed by atoms with Crippen LogP contribution in [0.2, 0.25) is 0 Å². The number of nitrogens with one attached hydrogen (secondary N) is 2. The monoisotopic (exact) mass is 264 g/mol. The number of fused-ring (bicyclic) bond motifs is 1. The molecule has 0 aromatic carbocycles. The van der Waals surface area contributed by atoms with Crippen molar-refractivity contribution in [2.45, 2.75) is 33.4 Å². The fourth-order valence-electron chi connectivity index (χ4n) is 1.81. The second-order valence-electron chi connectivity index (χ2n) is 4.62. The first kappa shape index (κ1) is 12.8. The van der Waals surface area contributed by atoms with Crippen LogP contribution in [0.15, 0.2) is 12.3 Å². The van der Waals surface area contributed by atoms with Gasteiger partial charge in [-0.1, -0.05) is 0 Å². The molecule has 0 saturated heterocycles. The van der Waals surface area contributed by atoms with Gasteiger partial charge in [0.05, 0.1) is 5.52 Å². The summed E-state index contributed by atoms with van der Waals surface area (Å²) in [6, 6.07) is 2.08. The van der Waals surface area contributed by atoms with Crippen molar-refractivity contribution in [3.8, 4) is 0 Å². The molecular formula is C12H16N4OS. The summed E-state index contributed by atoms with van der Waals surface area (Å²) in [5.74, 6) is -0.0654. The minimum Gasteiger partial charge on any atom is -0.352 e. The van der Waals surface area contributed by atoms with E-state index in [1.807, 2.05) is 26.8 Å². The van der Waals surface area contributed by atoms with Crippen LogP contribution in [0.4, 0.5) is 0 Å². The number of amides is 1. The molecular weight excluding hydrogens is 248 g/mol. The van der Waals surface area contributed by atoms with Crippen LogP contribution < -0.4 is 5.32 Å². The Morgan fingerprint density at radius 1 is 1.61 bits per heavy atom. The van der Waals surface area contributed by atoms with E-state index in [-0.39, 0.29) is 18.5 Å². The third-order valence-corrected chi connectivity index (χ3v) is 2.82. The average Bonchev–Trinajstić information content (AvgIpc) is 2.53. The van der Waals surface area contributed by atoms with Crippen molar-refractivity contribution in [2.75, 3.05) is 0 Å². The van der Waals surface area contributed by atoms with Crippen molar-refractivity contribution in [2.24, 2.45) is 0 Å². The molecule has 2 heterocycles. The molecule has 0 aliphatic carbocycles. The zero-order chi connectivity index (χ0) is 13.3. The molecule has 0 aliphatic heterocycles. The number of aromatic nitrogens is 3. The van der Waals surface area contributed by atoms with Crippen LogP contribution in [0, 0.1) is 11.7 Å². The maximum Gasteiger partial charge on any atom is 0.240 e. The number of carbonyl (C=O) groups excluding carboxylic acids is 1. The van der Waals surface area contributed by atoms with Gasteiger partial charge in [-0.05, 0) is 44.6 Å². The van der Waals surface area contributed by atoms with Crippen molar-refractivity contribution in [3.63, 3.8) is 0 Å². The summed E-state index contributed by atoms with van der Waals surface area (Å²) in [5.41, 5.74) is 2.62. The summed E-state index contributed by atoms with van der Waals surface area (Å²) in [5, 5.41) is 2.84.